The van der Waals surface area contributed by atoms with Gasteiger partial charge in [-0.15, -0.1) is 0 Å². The number of hydrogen-bond acceptors (Lipinski definition) is 4. The molecule has 0 bridgehead atoms. The van der Waals surface area contributed by atoms with Gasteiger partial charge in [-0.2, -0.15) is 5.10 Å². The van der Waals surface area contributed by atoms with Crippen LogP contribution >= 0.6 is 23.2 Å². The Labute approximate surface area is 182 Å². The van der Waals surface area contributed by atoms with Gasteiger partial charge in [-0.05, 0) is 29.8 Å². The summed E-state index contributed by atoms with van der Waals surface area (Å²) in [5.74, 6) is -0.465. The van der Waals surface area contributed by atoms with Crippen LogP contribution in [0.2, 0.25) is 10.0 Å². The van der Waals surface area contributed by atoms with E-state index in [1.54, 1.807) is 47.3 Å². The number of amides is 3. The van der Waals surface area contributed by atoms with E-state index in [0.29, 0.717) is 33.7 Å². The zero-order valence-electron chi connectivity index (χ0n) is 15.6. The number of hydrogen-bond donors (Lipinski definition) is 1. The number of nitrogens with one attached hydrogen (secondary N) is 1. The molecule has 4 rings (SSSR count). The van der Waals surface area contributed by atoms with Crippen LogP contribution in [0.4, 0.5) is 11.5 Å². The summed E-state index contributed by atoms with van der Waals surface area (Å²) in [7, 11) is 0. The van der Waals surface area contributed by atoms with E-state index >= 15 is 0 Å². The number of carbonyl (C=O) groups excluding carboxylic acids is 3. The lowest BCUT2D eigenvalue weighted by molar-refractivity contribution is -0.121. The van der Waals surface area contributed by atoms with Crippen LogP contribution in [0.5, 0.6) is 0 Å². The molecule has 30 heavy (non-hydrogen) atoms. The van der Waals surface area contributed by atoms with E-state index in [2.05, 4.69) is 10.4 Å². The summed E-state index contributed by atoms with van der Waals surface area (Å²) in [6, 6.07) is 13.4. The first-order valence-electron chi connectivity index (χ1n) is 9.16. The molecule has 0 saturated carbocycles. The van der Waals surface area contributed by atoms with E-state index in [1.807, 2.05) is 6.07 Å². The van der Waals surface area contributed by atoms with Crippen LogP contribution in [0.3, 0.4) is 0 Å². The Balaban J connectivity index is 1.54. The molecule has 0 atom stereocenters. The van der Waals surface area contributed by atoms with Crippen LogP contribution in [-0.2, 0) is 16.1 Å². The number of nitrogens with zero attached hydrogens (tertiary/aromatic N) is 3. The van der Waals surface area contributed by atoms with Crippen molar-refractivity contribution in [2.24, 2.45) is 0 Å². The van der Waals surface area contributed by atoms with E-state index in [4.69, 9.17) is 23.2 Å². The van der Waals surface area contributed by atoms with E-state index in [-0.39, 0.29) is 24.7 Å². The van der Waals surface area contributed by atoms with Crippen LogP contribution in [0.25, 0.3) is 0 Å². The Bertz CT molecular complexity index is 1140. The van der Waals surface area contributed by atoms with E-state index in [9.17, 15) is 14.4 Å². The Kier molecular flexibility index (Phi) is 5.57. The molecule has 3 amide bonds. The predicted octanol–water partition coefficient (Wildman–Crippen LogP) is 4.14. The summed E-state index contributed by atoms with van der Waals surface area (Å²) >= 11 is 12.3. The largest absolute Gasteiger partial charge is 0.307 e. The van der Waals surface area contributed by atoms with Crippen molar-refractivity contribution in [1.29, 1.82) is 0 Å². The number of rotatable bonds is 5. The summed E-state index contributed by atoms with van der Waals surface area (Å²) in [5, 5.41) is 7.90. The van der Waals surface area contributed by atoms with Gasteiger partial charge >= 0.3 is 0 Å². The smallest absolute Gasteiger partial charge is 0.256 e. The maximum absolute atomic E-state index is 12.8. The Morgan fingerprint density at radius 3 is 2.53 bits per heavy atom. The lowest BCUT2D eigenvalue weighted by Gasteiger charge is -2.15. The first kappa shape index (κ1) is 20.1. The van der Waals surface area contributed by atoms with E-state index < -0.39 is 5.91 Å². The van der Waals surface area contributed by atoms with Crippen LogP contribution < -0.4 is 10.2 Å². The highest BCUT2D eigenvalue weighted by molar-refractivity contribution is 6.42. The number of anilines is 2. The third-order valence-electron chi connectivity index (χ3n) is 4.73. The minimum absolute atomic E-state index is 0.181. The van der Waals surface area contributed by atoms with E-state index in [1.165, 1.54) is 6.07 Å². The topological polar surface area (TPSA) is 84.3 Å². The SMILES string of the molecule is O=C(Nc1ccnn1Cc1cccc(Cl)c1Cl)c1cccc(N2C(=O)CCC2=O)c1. The summed E-state index contributed by atoms with van der Waals surface area (Å²) < 4.78 is 1.59. The molecule has 2 aromatic carbocycles. The number of aromatic nitrogens is 2. The molecule has 1 fully saturated rings. The zero-order valence-corrected chi connectivity index (χ0v) is 17.2. The lowest BCUT2D eigenvalue weighted by Crippen LogP contribution is -2.28. The first-order chi connectivity index (χ1) is 14.4. The van der Waals surface area contributed by atoms with Crippen molar-refractivity contribution in [2.45, 2.75) is 19.4 Å². The maximum Gasteiger partial charge on any atom is 0.256 e. The number of halogens is 2. The molecule has 0 radical (unpaired) electrons. The van der Waals surface area contributed by atoms with Gasteiger partial charge in [0.15, 0.2) is 0 Å². The molecule has 0 unspecified atom stereocenters. The fourth-order valence-electron chi connectivity index (χ4n) is 3.24. The molecular weight excluding hydrogens is 427 g/mol. The molecule has 2 heterocycles. The van der Waals surface area contributed by atoms with Gasteiger partial charge in [0.05, 0.1) is 28.5 Å². The van der Waals surface area contributed by atoms with Crippen molar-refractivity contribution >= 4 is 52.4 Å². The molecule has 9 heteroatoms. The van der Waals surface area contributed by atoms with Gasteiger partial charge in [-0.1, -0.05) is 41.4 Å². The van der Waals surface area contributed by atoms with Gasteiger partial charge in [0.1, 0.15) is 5.82 Å². The summed E-state index contributed by atoms with van der Waals surface area (Å²) in [6.45, 7) is 0.318. The molecule has 1 saturated heterocycles. The second-order valence-electron chi connectivity index (χ2n) is 6.71. The second kappa shape index (κ2) is 8.30. The maximum atomic E-state index is 12.8. The fraction of sp³-hybridized carbons (Fsp3) is 0.143. The lowest BCUT2D eigenvalue weighted by atomic mass is 10.1. The highest BCUT2D eigenvalue weighted by Crippen LogP contribution is 2.27. The number of benzene rings is 2. The summed E-state index contributed by atoms with van der Waals surface area (Å²) in [6.07, 6.45) is 1.92. The van der Waals surface area contributed by atoms with Gasteiger partial charge < -0.3 is 5.32 Å². The van der Waals surface area contributed by atoms with Crippen molar-refractivity contribution in [3.63, 3.8) is 0 Å². The minimum atomic E-state index is -0.394. The molecule has 0 aliphatic carbocycles. The molecule has 3 aromatic rings. The van der Waals surface area contributed by atoms with E-state index in [0.717, 1.165) is 10.5 Å². The standard InChI is InChI=1S/C21H16Cl2N4O3/c22-16-6-2-4-14(20(16)23)12-26-17(9-10-24-26)25-21(30)13-3-1-5-15(11-13)27-18(28)7-8-19(27)29/h1-6,9-11H,7-8,12H2,(H,25,30). The van der Waals surface area contributed by atoms with Crippen molar-refractivity contribution < 1.29 is 14.4 Å². The van der Waals surface area contributed by atoms with Crippen LogP contribution in [-0.4, -0.2) is 27.5 Å². The molecule has 1 aliphatic rings. The highest BCUT2D eigenvalue weighted by atomic mass is 35.5. The van der Waals surface area contributed by atoms with Crippen LogP contribution in [0.1, 0.15) is 28.8 Å². The number of imide groups is 1. The van der Waals surface area contributed by atoms with Crippen LogP contribution in [0, 0.1) is 0 Å². The molecule has 1 aromatic heterocycles. The van der Waals surface area contributed by atoms with Crippen molar-refractivity contribution in [3.8, 4) is 0 Å². The van der Waals surface area contributed by atoms with Crippen molar-refractivity contribution in [1.82, 2.24) is 9.78 Å². The molecule has 1 aliphatic heterocycles. The normalized spacial score (nSPS) is 13.7. The fourth-order valence-corrected chi connectivity index (χ4v) is 3.62. The molecule has 0 spiro atoms. The Morgan fingerprint density at radius 1 is 1.03 bits per heavy atom. The Morgan fingerprint density at radius 2 is 1.77 bits per heavy atom. The van der Waals surface area contributed by atoms with Crippen molar-refractivity contribution in [2.75, 3.05) is 10.2 Å². The van der Waals surface area contributed by atoms with Crippen LogP contribution in [0.15, 0.2) is 54.7 Å². The zero-order chi connectivity index (χ0) is 21.3. The molecule has 7 nitrogen and oxygen atoms in total. The highest BCUT2D eigenvalue weighted by Gasteiger charge is 2.30. The average Bonchev–Trinajstić information content (AvgIpc) is 3.31. The van der Waals surface area contributed by atoms with Gasteiger partial charge in [0.2, 0.25) is 11.8 Å². The minimum Gasteiger partial charge on any atom is -0.307 e. The third-order valence-corrected chi connectivity index (χ3v) is 5.59. The summed E-state index contributed by atoms with van der Waals surface area (Å²) in [5.41, 5.74) is 1.46. The second-order valence-corrected chi connectivity index (χ2v) is 7.50. The van der Waals surface area contributed by atoms with Gasteiger partial charge in [-0.3, -0.25) is 19.3 Å². The van der Waals surface area contributed by atoms with Gasteiger partial charge in [-0.25, -0.2) is 4.68 Å². The Hall–Kier alpha value is -3.16. The first-order valence-corrected chi connectivity index (χ1v) is 9.91. The van der Waals surface area contributed by atoms with Crippen molar-refractivity contribution in [3.05, 3.63) is 75.9 Å². The monoisotopic (exact) mass is 442 g/mol. The average molecular weight is 443 g/mol. The number of carbonyl (C=O) groups is 3. The molecular formula is C21H16Cl2N4O3. The van der Waals surface area contributed by atoms with Gasteiger partial charge in [0.25, 0.3) is 5.91 Å². The molecule has 1 N–H and O–H groups in total. The quantitative estimate of drug-likeness (QED) is 0.601. The molecule has 152 valence electrons. The van der Waals surface area contributed by atoms with Gasteiger partial charge in [0, 0.05) is 24.5 Å². The summed E-state index contributed by atoms with van der Waals surface area (Å²) in [4.78, 5) is 37.8. The third kappa shape index (κ3) is 3.94. The predicted molar refractivity (Wildman–Crippen MR) is 114 cm³/mol.